The predicted molar refractivity (Wildman–Crippen MR) is 177 cm³/mol. The Morgan fingerprint density at radius 2 is 1.52 bits per heavy atom. The van der Waals surface area contributed by atoms with Crippen molar-refractivity contribution in [2.45, 2.75) is 39.2 Å². The summed E-state index contributed by atoms with van der Waals surface area (Å²) in [6.07, 6.45) is -0.244. The van der Waals surface area contributed by atoms with Crippen LogP contribution in [0.15, 0.2) is 48.5 Å². The number of anilines is 1. The molecule has 0 saturated carbocycles. The standard InChI is InChI=1S/C36H42FN3O10/c1-22-17-26(18-23(2)33(22)49-21-47-6)34(42)38-27-9-7-8-16-40(19-27,36(44)45)50-35(43)25-12-10-24(11-13-25)32(41)30-29(48-20-46-5)15-14-28(31(30)37)39(3)4/h10-15,17-18,27H,7-9,16,19-21H2,1-6H3,(H-,38,42,44,45). The Balaban J connectivity index is 1.52. The molecule has 0 radical (unpaired) electrons. The third-order valence-corrected chi connectivity index (χ3v) is 8.31. The van der Waals surface area contributed by atoms with Gasteiger partial charge in [-0.3, -0.25) is 14.4 Å². The van der Waals surface area contributed by atoms with Crippen LogP contribution in [0.4, 0.5) is 14.9 Å². The molecule has 0 spiro atoms. The van der Waals surface area contributed by atoms with E-state index in [-0.39, 0.29) is 54.8 Å². The van der Waals surface area contributed by atoms with Crippen LogP contribution in [0.3, 0.4) is 0 Å². The molecule has 268 valence electrons. The van der Waals surface area contributed by atoms with Crippen LogP contribution in [0, 0.1) is 19.7 Å². The van der Waals surface area contributed by atoms with Gasteiger partial charge in [0, 0.05) is 45.9 Å². The van der Waals surface area contributed by atoms with Crippen LogP contribution in [-0.4, -0.2) is 89.4 Å². The van der Waals surface area contributed by atoms with Crippen LogP contribution in [0.2, 0.25) is 0 Å². The lowest BCUT2D eigenvalue weighted by atomic mass is 9.99. The highest BCUT2D eigenvalue weighted by molar-refractivity contribution is 6.11. The van der Waals surface area contributed by atoms with E-state index >= 15 is 4.39 Å². The zero-order chi connectivity index (χ0) is 36.6. The number of methoxy groups -OCH3 is 2. The van der Waals surface area contributed by atoms with E-state index in [1.807, 2.05) is 0 Å². The van der Waals surface area contributed by atoms with Gasteiger partial charge >= 0.3 is 12.1 Å². The molecule has 2 unspecified atom stereocenters. The molecule has 13 nitrogen and oxygen atoms in total. The normalized spacial score (nSPS) is 17.3. The maximum atomic E-state index is 15.5. The number of halogens is 1. The number of carbonyl (C=O) groups excluding carboxylic acids is 4. The number of carboxylic acid groups (broad SMARTS) is 1. The van der Waals surface area contributed by atoms with E-state index in [4.69, 9.17) is 23.8 Å². The molecule has 2 atom stereocenters. The summed E-state index contributed by atoms with van der Waals surface area (Å²) in [6, 6.07) is 10.8. The fourth-order valence-corrected chi connectivity index (χ4v) is 5.86. The first kappa shape index (κ1) is 37.8. The largest absolute Gasteiger partial charge is 0.495 e. The fraction of sp³-hybridized carbons (Fsp3) is 0.389. The van der Waals surface area contributed by atoms with Gasteiger partial charge in [-0.05, 0) is 74.2 Å². The van der Waals surface area contributed by atoms with E-state index in [2.05, 4.69) is 5.32 Å². The van der Waals surface area contributed by atoms with Gasteiger partial charge in [-0.1, -0.05) is 16.8 Å². The number of quaternary nitrogens is 1. The molecular formula is C36H42FN3O10. The van der Waals surface area contributed by atoms with E-state index < -0.39 is 40.3 Å². The summed E-state index contributed by atoms with van der Waals surface area (Å²) < 4.78 is 35.3. The van der Waals surface area contributed by atoms with Gasteiger partial charge in [-0.25, -0.2) is 9.18 Å². The number of hydrogen-bond donors (Lipinski definition) is 1. The first-order valence-electron chi connectivity index (χ1n) is 15.9. The number of ketones is 1. The second-order valence-electron chi connectivity index (χ2n) is 12.2. The van der Waals surface area contributed by atoms with E-state index in [9.17, 15) is 24.3 Å². The van der Waals surface area contributed by atoms with Crippen molar-refractivity contribution in [1.82, 2.24) is 5.32 Å². The maximum Gasteiger partial charge on any atom is 0.398 e. The van der Waals surface area contributed by atoms with Gasteiger partial charge in [0.05, 0.1) is 17.3 Å². The molecule has 3 aromatic carbocycles. The van der Waals surface area contributed by atoms with Gasteiger partial charge < -0.3 is 39.1 Å². The van der Waals surface area contributed by atoms with Gasteiger partial charge in [-0.15, -0.1) is 0 Å². The lowest BCUT2D eigenvalue weighted by Gasteiger charge is -2.34. The van der Waals surface area contributed by atoms with Gasteiger partial charge in [0.15, 0.2) is 25.2 Å². The molecule has 0 aliphatic carbocycles. The van der Waals surface area contributed by atoms with Crippen molar-refractivity contribution in [3.05, 3.63) is 87.7 Å². The third kappa shape index (κ3) is 8.56. The van der Waals surface area contributed by atoms with Crippen molar-refractivity contribution in [3.63, 3.8) is 0 Å². The second kappa shape index (κ2) is 16.6. The average Bonchev–Trinajstić information content (AvgIpc) is 3.29. The molecule has 0 aromatic heterocycles. The molecule has 4 rings (SSSR count). The lowest BCUT2D eigenvalue weighted by molar-refractivity contribution is -1.04. The van der Waals surface area contributed by atoms with Crippen LogP contribution in [0.5, 0.6) is 11.5 Å². The zero-order valence-corrected chi connectivity index (χ0v) is 29.0. The molecule has 3 aromatic rings. The average molecular weight is 696 g/mol. The highest BCUT2D eigenvalue weighted by atomic mass is 19.1. The highest BCUT2D eigenvalue weighted by Gasteiger charge is 2.42. The van der Waals surface area contributed by atoms with Gasteiger partial charge in [0.25, 0.3) is 5.91 Å². The molecule has 50 heavy (non-hydrogen) atoms. The first-order chi connectivity index (χ1) is 23.8. The minimum Gasteiger partial charge on any atom is -0.495 e. The Bertz CT molecular complexity index is 1710. The van der Waals surface area contributed by atoms with Crippen molar-refractivity contribution in [1.29, 1.82) is 0 Å². The van der Waals surface area contributed by atoms with Crippen LogP contribution in [0.25, 0.3) is 0 Å². The predicted octanol–water partition coefficient (Wildman–Crippen LogP) is 3.92. The Morgan fingerprint density at radius 3 is 2.12 bits per heavy atom. The number of hydroxylamine groups is 3. The molecule has 1 N–H and O–H groups in total. The van der Waals surface area contributed by atoms with E-state index in [0.717, 1.165) is 11.1 Å². The first-order valence-corrected chi connectivity index (χ1v) is 15.9. The summed E-state index contributed by atoms with van der Waals surface area (Å²) in [5.41, 5.74) is 1.65. The van der Waals surface area contributed by atoms with Crippen molar-refractivity contribution < 1.29 is 57.1 Å². The zero-order valence-electron chi connectivity index (χ0n) is 29.0. The molecule has 0 bridgehead atoms. The summed E-state index contributed by atoms with van der Waals surface area (Å²) in [5.74, 6) is -2.33. The number of rotatable bonds is 12. The smallest absolute Gasteiger partial charge is 0.398 e. The number of carbonyl (C=O) groups is 4. The van der Waals surface area contributed by atoms with E-state index in [1.165, 1.54) is 55.5 Å². The molecule has 14 heteroatoms. The van der Waals surface area contributed by atoms with E-state index in [0.29, 0.717) is 30.6 Å². The van der Waals surface area contributed by atoms with Crippen molar-refractivity contribution in [2.75, 3.05) is 59.9 Å². The molecule has 1 saturated heterocycles. The SMILES string of the molecule is COCOc1ccc(N(C)C)c(F)c1C(=O)c1ccc(C(=O)O[N+]2(C(=O)[O-])CCCCC(NC(=O)c3cc(C)c(OCOC)c(C)c3)C2)cc1. The Kier molecular flexibility index (Phi) is 12.5. The molecular weight excluding hydrogens is 653 g/mol. The Hall–Kier alpha value is -5.05. The third-order valence-electron chi connectivity index (χ3n) is 8.31. The maximum absolute atomic E-state index is 15.5. The number of likely N-dealkylation sites (tertiary alicyclic amines) is 1. The topological polar surface area (TPSA) is 153 Å². The van der Waals surface area contributed by atoms with Crippen LogP contribution in [0.1, 0.15) is 67.0 Å². The van der Waals surface area contributed by atoms with Crippen LogP contribution in [-0.2, 0) is 14.3 Å². The Labute approximate surface area is 290 Å². The van der Waals surface area contributed by atoms with Crippen LogP contribution < -0.4 is 24.8 Å². The molecule has 1 aliphatic rings. The quantitative estimate of drug-likeness (QED) is 0.167. The summed E-state index contributed by atoms with van der Waals surface area (Å²) in [6.45, 7) is 3.09. The number of amides is 2. The fourth-order valence-electron chi connectivity index (χ4n) is 5.86. The number of aryl methyl sites for hydroxylation is 2. The highest BCUT2D eigenvalue weighted by Crippen LogP contribution is 2.32. The number of nitrogens with zero attached hydrogens (tertiary/aromatic N) is 2. The second-order valence-corrected chi connectivity index (χ2v) is 12.2. The minimum atomic E-state index is -1.64. The summed E-state index contributed by atoms with van der Waals surface area (Å²) in [5, 5.41) is 15.5. The molecule has 1 fully saturated rings. The number of benzene rings is 3. The summed E-state index contributed by atoms with van der Waals surface area (Å²) in [4.78, 5) is 59.8. The van der Waals surface area contributed by atoms with E-state index in [1.54, 1.807) is 40.1 Å². The van der Waals surface area contributed by atoms with Gasteiger partial charge in [-0.2, -0.15) is 0 Å². The number of hydrogen-bond acceptors (Lipinski definition) is 11. The van der Waals surface area contributed by atoms with Gasteiger partial charge in [0.2, 0.25) is 0 Å². The summed E-state index contributed by atoms with van der Waals surface area (Å²) >= 11 is 0. The molecule has 2 amide bonds. The number of nitrogens with one attached hydrogen (secondary N) is 1. The van der Waals surface area contributed by atoms with Gasteiger partial charge in [0.1, 0.15) is 30.2 Å². The lowest BCUT2D eigenvalue weighted by Crippen LogP contribution is -2.63. The van der Waals surface area contributed by atoms with Crippen molar-refractivity contribution >= 4 is 29.4 Å². The van der Waals surface area contributed by atoms with Crippen LogP contribution >= 0.6 is 0 Å². The Morgan fingerprint density at radius 1 is 0.900 bits per heavy atom. The summed E-state index contributed by atoms with van der Waals surface area (Å²) in [7, 11) is 6.16. The number of ether oxygens (including phenoxy) is 4. The minimum absolute atomic E-state index is 0.0231. The van der Waals surface area contributed by atoms with Crippen molar-refractivity contribution in [3.8, 4) is 11.5 Å². The monoisotopic (exact) mass is 695 g/mol. The van der Waals surface area contributed by atoms with Crippen molar-refractivity contribution in [2.24, 2.45) is 0 Å². The molecule has 1 heterocycles. The molecule has 1 aliphatic heterocycles.